The second-order valence-electron chi connectivity index (χ2n) is 6.73. The van der Waals surface area contributed by atoms with Crippen molar-refractivity contribution < 1.29 is 18.0 Å². The summed E-state index contributed by atoms with van der Waals surface area (Å²) in [7, 11) is -1.71. The molecule has 2 N–H and O–H groups in total. The van der Waals surface area contributed by atoms with Crippen molar-refractivity contribution in [1.29, 1.82) is 0 Å². The average molecular weight is 426 g/mol. The van der Waals surface area contributed by atoms with E-state index in [0.717, 1.165) is 12.7 Å². The molecule has 1 atom stereocenters. The van der Waals surface area contributed by atoms with Crippen LogP contribution >= 0.6 is 11.6 Å². The van der Waals surface area contributed by atoms with Crippen molar-refractivity contribution in [2.45, 2.75) is 18.9 Å². The zero-order chi connectivity index (χ0) is 20.5. The molecular formula is C17H20ClN5O4S. The van der Waals surface area contributed by atoms with Crippen molar-refractivity contribution >= 4 is 44.8 Å². The summed E-state index contributed by atoms with van der Waals surface area (Å²) in [6.07, 6.45) is 5.15. The van der Waals surface area contributed by atoms with Gasteiger partial charge < -0.3 is 10.2 Å². The summed E-state index contributed by atoms with van der Waals surface area (Å²) >= 11 is 6.00. The van der Waals surface area contributed by atoms with Gasteiger partial charge in [-0.1, -0.05) is 11.6 Å². The van der Waals surface area contributed by atoms with Crippen LogP contribution in [0.1, 0.15) is 29.2 Å². The molecule has 1 aliphatic rings. The lowest BCUT2D eigenvalue weighted by Crippen LogP contribution is -2.36. The Labute approximate surface area is 167 Å². The standard InChI is InChI=1S/C17H20ClN5O4S/c1-22-4-3-15(8-16(22)24)23-10-11(9-19-23)17(25)20-13-5-12(18)6-14(7-13)21-28(2,26)27/h5-7,9-10,15,21H,3-4,8H2,1-2H3,(H,20,25). The van der Waals surface area contributed by atoms with E-state index in [4.69, 9.17) is 11.6 Å². The molecule has 0 bridgehead atoms. The highest BCUT2D eigenvalue weighted by atomic mass is 35.5. The quantitative estimate of drug-likeness (QED) is 0.760. The Hall–Kier alpha value is -2.59. The van der Waals surface area contributed by atoms with Crippen LogP contribution in [-0.4, -0.2) is 54.8 Å². The molecule has 1 aromatic heterocycles. The van der Waals surface area contributed by atoms with Crippen LogP contribution in [0.15, 0.2) is 30.6 Å². The van der Waals surface area contributed by atoms with E-state index in [1.54, 1.807) is 22.8 Å². The number of carbonyl (C=O) groups is 2. The number of hydrogen-bond acceptors (Lipinski definition) is 5. The fourth-order valence-corrected chi connectivity index (χ4v) is 3.73. The number of nitrogens with one attached hydrogen (secondary N) is 2. The molecule has 2 aromatic rings. The lowest BCUT2D eigenvalue weighted by Gasteiger charge is -2.28. The SMILES string of the molecule is CN1CCC(n2cc(C(=O)Nc3cc(Cl)cc(NS(C)(=O)=O)c3)cn2)CC1=O. The van der Waals surface area contributed by atoms with E-state index in [2.05, 4.69) is 15.1 Å². The van der Waals surface area contributed by atoms with E-state index in [9.17, 15) is 18.0 Å². The fourth-order valence-electron chi connectivity index (χ4n) is 2.95. The molecule has 1 fully saturated rings. The largest absolute Gasteiger partial charge is 0.346 e. The van der Waals surface area contributed by atoms with E-state index >= 15 is 0 Å². The number of piperidine rings is 1. The maximum absolute atomic E-state index is 12.5. The maximum Gasteiger partial charge on any atom is 0.258 e. The minimum atomic E-state index is -3.47. The van der Waals surface area contributed by atoms with Crippen molar-refractivity contribution in [1.82, 2.24) is 14.7 Å². The number of nitrogens with zero attached hydrogens (tertiary/aromatic N) is 3. The average Bonchev–Trinajstić information content (AvgIpc) is 3.05. The molecule has 1 aromatic carbocycles. The smallest absolute Gasteiger partial charge is 0.258 e. The molecule has 1 aliphatic heterocycles. The van der Waals surface area contributed by atoms with Gasteiger partial charge in [0.25, 0.3) is 5.91 Å². The number of rotatable bonds is 5. The van der Waals surface area contributed by atoms with Gasteiger partial charge in [-0.3, -0.25) is 19.0 Å². The molecule has 2 amide bonds. The number of sulfonamides is 1. The highest BCUT2D eigenvalue weighted by Gasteiger charge is 2.25. The van der Waals surface area contributed by atoms with E-state index in [0.29, 0.717) is 24.2 Å². The van der Waals surface area contributed by atoms with Crippen LogP contribution in [-0.2, 0) is 14.8 Å². The Morgan fingerprint density at radius 2 is 2.00 bits per heavy atom. The summed E-state index contributed by atoms with van der Waals surface area (Å²) < 4.78 is 26.7. The minimum absolute atomic E-state index is 0.0441. The lowest BCUT2D eigenvalue weighted by molar-refractivity contribution is -0.133. The lowest BCUT2D eigenvalue weighted by atomic mass is 10.1. The number of hydrogen-bond donors (Lipinski definition) is 2. The molecule has 0 spiro atoms. The predicted octanol–water partition coefficient (Wildman–Crippen LogP) is 1.95. The monoisotopic (exact) mass is 425 g/mol. The topological polar surface area (TPSA) is 113 Å². The van der Waals surface area contributed by atoms with Gasteiger partial charge in [0.05, 0.1) is 29.7 Å². The van der Waals surface area contributed by atoms with Crippen molar-refractivity contribution in [2.75, 3.05) is 29.9 Å². The number of anilines is 2. The first-order valence-corrected chi connectivity index (χ1v) is 10.8. The molecule has 0 aliphatic carbocycles. The summed E-state index contributed by atoms with van der Waals surface area (Å²) in [5.41, 5.74) is 0.903. The first-order valence-electron chi connectivity index (χ1n) is 8.48. The minimum Gasteiger partial charge on any atom is -0.346 e. The van der Waals surface area contributed by atoms with Crippen molar-refractivity contribution in [2.24, 2.45) is 0 Å². The molecule has 3 rings (SSSR count). The first kappa shape index (κ1) is 20.2. The van der Waals surface area contributed by atoms with Gasteiger partial charge in [0.2, 0.25) is 15.9 Å². The van der Waals surface area contributed by atoms with Crippen LogP contribution in [0.2, 0.25) is 5.02 Å². The molecule has 150 valence electrons. The Bertz CT molecular complexity index is 1020. The van der Waals surface area contributed by atoms with Gasteiger partial charge in [-0.15, -0.1) is 0 Å². The van der Waals surface area contributed by atoms with Gasteiger partial charge in [-0.05, 0) is 24.6 Å². The van der Waals surface area contributed by atoms with Gasteiger partial charge in [-0.2, -0.15) is 5.10 Å². The maximum atomic E-state index is 12.5. The third-order valence-electron chi connectivity index (χ3n) is 4.33. The van der Waals surface area contributed by atoms with Crippen LogP contribution in [0.3, 0.4) is 0 Å². The second-order valence-corrected chi connectivity index (χ2v) is 8.91. The molecule has 28 heavy (non-hydrogen) atoms. The van der Waals surface area contributed by atoms with Crippen LogP contribution < -0.4 is 10.0 Å². The molecule has 1 unspecified atom stereocenters. The van der Waals surface area contributed by atoms with Crippen LogP contribution in [0.25, 0.3) is 0 Å². The molecule has 0 saturated carbocycles. The number of benzene rings is 1. The van der Waals surface area contributed by atoms with Crippen molar-refractivity contribution in [3.05, 3.63) is 41.2 Å². The van der Waals surface area contributed by atoms with Gasteiger partial charge >= 0.3 is 0 Å². The Balaban J connectivity index is 1.72. The number of carbonyl (C=O) groups excluding carboxylic acids is 2. The van der Waals surface area contributed by atoms with Gasteiger partial charge in [-0.25, -0.2) is 8.42 Å². The van der Waals surface area contributed by atoms with E-state index in [-0.39, 0.29) is 22.7 Å². The van der Waals surface area contributed by atoms with Crippen molar-refractivity contribution in [3.63, 3.8) is 0 Å². The fraction of sp³-hybridized carbons (Fsp3) is 0.353. The normalized spacial score (nSPS) is 17.5. The Morgan fingerprint density at radius 3 is 2.68 bits per heavy atom. The first-order chi connectivity index (χ1) is 13.1. The molecular weight excluding hydrogens is 406 g/mol. The highest BCUT2D eigenvalue weighted by molar-refractivity contribution is 7.92. The van der Waals surface area contributed by atoms with E-state index < -0.39 is 15.9 Å². The Morgan fingerprint density at radius 1 is 1.29 bits per heavy atom. The van der Waals surface area contributed by atoms with Crippen LogP contribution in [0, 0.1) is 0 Å². The molecule has 1 saturated heterocycles. The number of halogens is 1. The van der Waals surface area contributed by atoms with Gasteiger partial charge in [0, 0.05) is 36.9 Å². The number of aromatic nitrogens is 2. The zero-order valence-electron chi connectivity index (χ0n) is 15.3. The van der Waals surface area contributed by atoms with Gasteiger partial charge in [0.1, 0.15) is 0 Å². The highest BCUT2D eigenvalue weighted by Crippen LogP contribution is 2.25. The molecule has 11 heteroatoms. The third kappa shape index (κ3) is 5.02. The van der Waals surface area contributed by atoms with Crippen LogP contribution in [0.5, 0.6) is 0 Å². The molecule has 0 radical (unpaired) electrons. The van der Waals surface area contributed by atoms with Crippen LogP contribution in [0.4, 0.5) is 11.4 Å². The second kappa shape index (κ2) is 7.80. The molecule has 9 nitrogen and oxygen atoms in total. The third-order valence-corrected chi connectivity index (χ3v) is 5.16. The summed E-state index contributed by atoms with van der Waals surface area (Å²) in [5, 5.41) is 7.15. The van der Waals surface area contributed by atoms with E-state index in [1.807, 2.05) is 0 Å². The molecule has 2 heterocycles. The number of likely N-dealkylation sites (tertiary alicyclic amines) is 1. The predicted molar refractivity (Wildman–Crippen MR) is 106 cm³/mol. The van der Waals surface area contributed by atoms with Crippen molar-refractivity contribution in [3.8, 4) is 0 Å². The summed E-state index contributed by atoms with van der Waals surface area (Å²) in [6.45, 7) is 0.642. The Kier molecular flexibility index (Phi) is 5.61. The summed E-state index contributed by atoms with van der Waals surface area (Å²) in [4.78, 5) is 26.1. The van der Waals surface area contributed by atoms with E-state index in [1.165, 1.54) is 24.4 Å². The summed E-state index contributed by atoms with van der Waals surface area (Å²) in [5.74, 6) is -0.374. The number of amides is 2. The summed E-state index contributed by atoms with van der Waals surface area (Å²) in [6, 6.07) is 4.33. The van der Waals surface area contributed by atoms with Gasteiger partial charge in [0.15, 0.2) is 0 Å². The zero-order valence-corrected chi connectivity index (χ0v) is 16.9.